The SMILES string of the molecule is CCN(CC)C(=S)S[C](C)(C)[Co](=[O])[CH2]CO. The van der Waals surface area contributed by atoms with E-state index in [9.17, 15) is 3.87 Å². The van der Waals surface area contributed by atoms with Crippen molar-refractivity contribution in [3.63, 3.8) is 0 Å². The Hall–Kier alpha value is 0.506. The van der Waals surface area contributed by atoms with E-state index < -0.39 is 17.3 Å². The first-order chi connectivity index (χ1) is 7.38. The number of thioether (sulfide) groups is 1. The Kier molecular flexibility index (Phi) is 8.01. The zero-order chi connectivity index (χ0) is 12.8. The van der Waals surface area contributed by atoms with Gasteiger partial charge in [-0.3, -0.25) is 0 Å². The van der Waals surface area contributed by atoms with Crippen molar-refractivity contribution in [2.75, 3.05) is 19.7 Å². The fourth-order valence-corrected chi connectivity index (χ4v) is 4.78. The summed E-state index contributed by atoms with van der Waals surface area (Å²) in [5, 5.41) is 9.14. The second kappa shape index (κ2) is 7.76. The van der Waals surface area contributed by atoms with Gasteiger partial charge in [-0.15, -0.1) is 0 Å². The van der Waals surface area contributed by atoms with Crippen molar-refractivity contribution in [2.45, 2.75) is 36.7 Å². The van der Waals surface area contributed by atoms with Crippen molar-refractivity contribution < 1.29 is 22.6 Å². The maximum absolute atomic E-state index is 11.9. The number of hydrogen-bond donors (Lipinski definition) is 1. The van der Waals surface area contributed by atoms with E-state index in [0.29, 0.717) is 5.36 Å². The van der Waals surface area contributed by atoms with Crippen LogP contribution in [0.1, 0.15) is 27.7 Å². The molecule has 0 aliphatic carbocycles. The molecule has 3 nitrogen and oxygen atoms in total. The number of nitrogens with zero attached hydrogens (tertiary/aromatic N) is 1. The molecule has 0 spiro atoms. The van der Waals surface area contributed by atoms with E-state index in [-0.39, 0.29) is 6.61 Å². The van der Waals surface area contributed by atoms with Crippen LogP contribution in [0.3, 0.4) is 0 Å². The predicted molar refractivity (Wildman–Crippen MR) is 69.8 cm³/mol. The molecule has 0 aromatic heterocycles. The zero-order valence-corrected chi connectivity index (χ0v) is 13.0. The van der Waals surface area contributed by atoms with Crippen LogP contribution in [0.5, 0.6) is 0 Å². The number of aliphatic hydroxyl groups is 1. The second-order valence-corrected chi connectivity index (χ2v) is 8.79. The first-order valence-corrected chi connectivity index (χ1v) is 8.14. The van der Waals surface area contributed by atoms with E-state index in [1.807, 2.05) is 13.8 Å². The van der Waals surface area contributed by atoms with Crippen LogP contribution in [0.15, 0.2) is 0 Å². The van der Waals surface area contributed by atoms with Crippen LogP contribution in [0.2, 0.25) is 5.36 Å². The Bertz CT molecular complexity index is 255. The Labute approximate surface area is 112 Å². The molecule has 0 aliphatic rings. The standard InChI is InChI=1S/C8H16NS2.C2H5O.Co.O/c1-5-9(6-2)8(10)11-7(3)4;1-2-3;;/h5-6H2,1-4H3;3H,1-2H2;;. The summed E-state index contributed by atoms with van der Waals surface area (Å²) < 4.78 is 12.3. The fourth-order valence-electron chi connectivity index (χ4n) is 1.06. The number of rotatable bonds is 6. The van der Waals surface area contributed by atoms with Gasteiger partial charge in [-0.1, -0.05) is 0 Å². The molecule has 0 bridgehead atoms. The first-order valence-electron chi connectivity index (χ1n) is 5.24. The molecular formula is C10H21CoNO2S2. The molecule has 0 amide bonds. The van der Waals surface area contributed by atoms with Crippen LogP contribution < -0.4 is 0 Å². The monoisotopic (exact) mass is 310 g/mol. The quantitative estimate of drug-likeness (QED) is 0.763. The summed E-state index contributed by atoms with van der Waals surface area (Å²) in [5.74, 6) is 0. The molecule has 0 aromatic carbocycles. The molecule has 0 atom stereocenters. The summed E-state index contributed by atoms with van der Waals surface area (Å²) in [6.07, 6.45) is 0. The van der Waals surface area contributed by atoms with Crippen LogP contribution in [-0.2, 0) is 17.5 Å². The maximum atomic E-state index is 11.9. The summed E-state index contributed by atoms with van der Waals surface area (Å²) in [4.78, 5) is 2.07. The minimum absolute atomic E-state index is 0.0316. The molecule has 0 aliphatic heterocycles. The van der Waals surface area contributed by atoms with Crippen LogP contribution in [0.25, 0.3) is 0 Å². The Morgan fingerprint density at radius 3 is 2.31 bits per heavy atom. The van der Waals surface area contributed by atoms with Gasteiger partial charge in [0.25, 0.3) is 0 Å². The van der Waals surface area contributed by atoms with Crippen molar-refractivity contribution in [1.82, 2.24) is 4.90 Å². The third kappa shape index (κ3) is 5.22. The molecule has 1 N–H and O–H groups in total. The summed E-state index contributed by atoms with van der Waals surface area (Å²) in [6.45, 7) is 9.65. The normalized spacial score (nSPS) is 12.4. The zero-order valence-electron chi connectivity index (χ0n) is 10.3. The Morgan fingerprint density at radius 1 is 1.44 bits per heavy atom. The predicted octanol–water partition coefficient (Wildman–Crippen LogP) is 2.46. The molecule has 0 radical (unpaired) electrons. The van der Waals surface area contributed by atoms with E-state index in [2.05, 4.69) is 18.7 Å². The summed E-state index contributed by atoms with van der Waals surface area (Å²) in [5.41, 5.74) is 0. The molecule has 0 saturated carbocycles. The number of aliphatic hydroxyl groups excluding tert-OH is 1. The van der Waals surface area contributed by atoms with Crippen molar-refractivity contribution in [3.8, 4) is 0 Å². The van der Waals surface area contributed by atoms with Gasteiger partial charge in [-0.05, 0) is 0 Å². The molecule has 0 saturated heterocycles. The molecule has 0 aromatic rings. The molecule has 6 heteroatoms. The van der Waals surface area contributed by atoms with Crippen LogP contribution in [0, 0.1) is 0 Å². The third-order valence-corrected chi connectivity index (χ3v) is 6.49. The average Bonchev–Trinajstić information content (AvgIpc) is 2.19. The summed E-state index contributed by atoms with van der Waals surface area (Å²) >= 11 is 5.37. The number of hydrogen-bond acceptors (Lipinski definition) is 4. The number of thiocarbonyl (C=S) groups is 1. The average molecular weight is 310 g/mol. The van der Waals surface area contributed by atoms with Gasteiger partial charge in [0.1, 0.15) is 0 Å². The Morgan fingerprint density at radius 2 is 1.94 bits per heavy atom. The van der Waals surface area contributed by atoms with E-state index in [1.165, 1.54) is 11.8 Å². The van der Waals surface area contributed by atoms with E-state index in [0.717, 1.165) is 17.4 Å². The second-order valence-electron chi connectivity index (χ2n) is 3.52. The summed E-state index contributed by atoms with van der Waals surface area (Å²) in [6, 6.07) is 0. The molecule has 0 unspecified atom stereocenters. The van der Waals surface area contributed by atoms with Gasteiger partial charge in [-0.25, -0.2) is 0 Å². The van der Waals surface area contributed by atoms with Crippen LogP contribution >= 0.6 is 24.0 Å². The molecule has 0 rings (SSSR count). The molecule has 99 valence electrons. The van der Waals surface area contributed by atoms with Crippen molar-refractivity contribution >= 4 is 28.3 Å². The van der Waals surface area contributed by atoms with Gasteiger partial charge < -0.3 is 0 Å². The van der Waals surface area contributed by atoms with Crippen molar-refractivity contribution in [2.24, 2.45) is 0 Å². The molecule has 0 fully saturated rings. The molecular weight excluding hydrogens is 289 g/mol. The van der Waals surface area contributed by atoms with Crippen molar-refractivity contribution in [3.05, 3.63) is 0 Å². The topological polar surface area (TPSA) is 40.5 Å². The van der Waals surface area contributed by atoms with E-state index in [1.54, 1.807) is 0 Å². The van der Waals surface area contributed by atoms with Gasteiger partial charge >= 0.3 is 112 Å². The van der Waals surface area contributed by atoms with Crippen LogP contribution in [-0.4, -0.2) is 37.7 Å². The minimum atomic E-state index is -1.42. The third-order valence-electron chi connectivity index (χ3n) is 2.02. The first kappa shape index (κ1) is 16.5. The van der Waals surface area contributed by atoms with Gasteiger partial charge in [0.2, 0.25) is 0 Å². The van der Waals surface area contributed by atoms with E-state index >= 15 is 0 Å². The van der Waals surface area contributed by atoms with Gasteiger partial charge in [0.05, 0.1) is 0 Å². The molecule has 0 heterocycles. The van der Waals surface area contributed by atoms with E-state index in [4.69, 9.17) is 17.3 Å². The van der Waals surface area contributed by atoms with Gasteiger partial charge in [-0.2, -0.15) is 0 Å². The fraction of sp³-hybridized carbons (Fsp3) is 0.900. The summed E-state index contributed by atoms with van der Waals surface area (Å²) in [7, 11) is 0. The Balaban J connectivity index is 4.45. The van der Waals surface area contributed by atoms with Gasteiger partial charge in [0.15, 0.2) is 0 Å². The molecule has 16 heavy (non-hydrogen) atoms. The van der Waals surface area contributed by atoms with Crippen molar-refractivity contribution in [1.29, 1.82) is 0 Å². The van der Waals surface area contributed by atoms with Gasteiger partial charge in [0, 0.05) is 0 Å². The van der Waals surface area contributed by atoms with Crippen LogP contribution in [0.4, 0.5) is 0 Å².